The van der Waals surface area contributed by atoms with Gasteiger partial charge in [0, 0.05) is 17.0 Å². The molecule has 0 aliphatic heterocycles. The monoisotopic (exact) mass is 314 g/mol. The van der Waals surface area contributed by atoms with Crippen molar-refractivity contribution in [3.05, 3.63) is 17.0 Å². The molecule has 0 N–H and O–H groups in total. The standard InChI is InChI=1S/C12H18ClF3N2S/c1-4-9-11(8(3)13)10(5-2)18(17-9)6-7-19-12(14,15)16/h8H,4-7H2,1-3H3. The summed E-state index contributed by atoms with van der Waals surface area (Å²) in [5.41, 5.74) is -1.38. The summed E-state index contributed by atoms with van der Waals surface area (Å²) < 4.78 is 38.1. The molecule has 0 amide bonds. The van der Waals surface area contributed by atoms with Crippen LogP contribution >= 0.6 is 23.4 Å². The number of alkyl halides is 4. The molecule has 1 unspecified atom stereocenters. The van der Waals surface area contributed by atoms with Crippen molar-refractivity contribution < 1.29 is 13.2 Å². The van der Waals surface area contributed by atoms with Crippen molar-refractivity contribution in [1.82, 2.24) is 9.78 Å². The van der Waals surface area contributed by atoms with Gasteiger partial charge in [-0.2, -0.15) is 18.3 Å². The number of hydrogen-bond donors (Lipinski definition) is 0. The number of rotatable bonds is 6. The van der Waals surface area contributed by atoms with Crippen molar-refractivity contribution in [2.45, 2.75) is 51.0 Å². The summed E-state index contributed by atoms with van der Waals surface area (Å²) in [4.78, 5) is 0. The van der Waals surface area contributed by atoms with Crippen LogP contribution in [0.25, 0.3) is 0 Å². The third kappa shape index (κ3) is 4.60. The van der Waals surface area contributed by atoms with Crippen LogP contribution in [-0.4, -0.2) is 21.0 Å². The Balaban J connectivity index is 2.89. The fraction of sp³-hybridized carbons (Fsp3) is 0.750. The number of halogens is 4. The predicted molar refractivity (Wildman–Crippen MR) is 73.8 cm³/mol. The molecule has 1 heterocycles. The molecule has 0 spiro atoms. The van der Waals surface area contributed by atoms with E-state index in [1.165, 1.54) is 0 Å². The van der Waals surface area contributed by atoms with Crippen molar-refractivity contribution in [2.75, 3.05) is 5.75 Å². The van der Waals surface area contributed by atoms with Gasteiger partial charge in [-0.1, -0.05) is 13.8 Å². The van der Waals surface area contributed by atoms with Crippen molar-refractivity contribution >= 4 is 23.4 Å². The largest absolute Gasteiger partial charge is 0.441 e. The van der Waals surface area contributed by atoms with Crippen molar-refractivity contribution in [3.63, 3.8) is 0 Å². The van der Waals surface area contributed by atoms with Crippen LogP contribution in [0.2, 0.25) is 0 Å². The molecule has 0 bridgehead atoms. The fourth-order valence-corrected chi connectivity index (χ4v) is 2.84. The van der Waals surface area contributed by atoms with E-state index >= 15 is 0 Å². The first-order valence-corrected chi connectivity index (χ1v) is 7.65. The molecule has 2 nitrogen and oxygen atoms in total. The summed E-state index contributed by atoms with van der Waals surface area (Å²) in [6.07, 6.45) is 1.45. The second-order valence-corrected chi connectivity index (χ2v) is 5.96. The van der Waals surface area contributed by atoms with Crippen LogP contribution in [0.3, 0.4) is 0 Å². The lowest BCUT2D eigenvalue weighted by Gasteiger charge is -2.10. The Hall–Kier alpha value is -0.360. The molecule has 19 heavy (non-hydrogen) atoms. The molecular weight excluding hydrogens is 297 g/mol. The summed E-state index contributed by atoms with van der Waals surface area (Å²) in [6, 6.07) is 0. The van der Waals surface area contributed by atoms with Crippen molar-refractivity contribution in [1.29, 1.82) is 0 Å². The highest BCUT2D eigenvalue weighted by atomic mass is 35.5. The Bertz CT molecular complexity index is 416. The second-order valence-electron chi connectivity index (χ2n) is 4.15. The average Bonchev–Trinajstić information content (AvgIpc) is 2.65. The van der Waals surface area contributed by atoms with E-state index in [9.17, 15) is 13.2 Å². The van der Waals surface area contributed by atoms with Crippen LogP contribution in [0.5, 0.6) is 0 Å². The molecule has 0 saturated heterocycles. The average molecular weight is 315 g/mol. The first-order chi connectivity index (χ1) is 8.80. The number of nitrogens with zero attached hydrogens (tertiary/aromatic N) is 2. The Morgan fingerprint density at radius 1 is 1.32 bits per heavy atom. The van der Waals surface area contributed by atoms with Gasteiger partial charge in [0.25, 0.3) is 0 Å². The van der Waals surface area contributed by atoms with E-state index in [2.05, 4.69) is 5.10 Å². The summed E-state index contributed by atoms with van der Waals surface area (Å²) >= 11 is 6.14. The third-order valence-electron chi connectivity index (χ3n) is 2.81. The summed E-state index contributed by atoms with van der Waals surface area (Å²) in [5, 5.41) is 4.22. The zero-order valence-corrected chi connectivity index (χ0v) is 12.8. The van der Waals surface area contributed by atoms with Gasteiger partial charge in [-0.3, -0.25) is 4.68 Å². The minimum Gasteiger partial charge on any atom is -0.268 e. The van der Waals surface area contributed by atoms with Crippen molar-refractivity contribution in [2.24, 2.45) is 0 Å². The highest BCUT2D eigenvalue weighted by Crippen LogP contribution is 2.31. The molecule has 0 fully saturated rings. The minimum absolute atomic E-state index is 0.0151. The molecule has 0 radical (unpaired) electrons. The number of aryl methyl sites for hydroxylation is 2. The second kappa shape index (κ2) is 6.88. The Labute approximate surface area is 120 Å². The summed E-state index contributed by atoms with van der Waals surface area (Å²) in [6.45, 7) is 6.06. The number of aromatic nitrogens is 2. The van der Waals surface area contributed by atoms with Gasteiger partial charge in [-0.05, 0) is 31.5 Å². The summed E-state index contributed by atoms with van der Waals surface area (Å²) in [7, 11) is 0. The number of thioether (sulfide) groups is 1. The van der Waals surface area contributed by atoms with Gasteiger partial charge in [0.05, 0.1) is 17.6 Å². The molecule has 1 aromatic rings. The van der Waals surface area contributed by atoms with E-state index in [0.717, 1.165) is 29.8 Å². The Kier molecular flexibility index (Phi) is 6.05. The molecule has 1 aromatic heterocycles. The molecule has 7 heteroatoms. The molecular formula is C12H18ClF3N2S. The summed E-state index contributed by atoms with van der Waals surface area (Å²) in [5.74, 6) is -0.0303. The topological polar surface area (TPSA) is 17.8 Å². The van der Waals surface area contributed by atoms with Crippen LogP contribution in [0.1, 0.15) is 43.1 Å². The van der Waals surface area contributed by atoms with Crippen LogP contribution < -0.4 is 0 Å². The lowest BCUT2D eigenvalue weighted by molar-refractivity contribution is -0.0328. The van der Waals surface area contributed by atoms with E-state index in [0.29, 0.717) is 0 Å². The van der Waals surface area contributed by atoms with Gasteiger partial charge >= 0.3 is 5.51 Å². The zero-order chi connectivity index (χ0) is 14.6. The van der Waals surface area contributed by atoms with E-state index in [1.54, 1.807) is 4.68 Å². The molecule has 0 saturated carbocycles. The van der Waals surface area contributed by atoms with Gasteiger partial charge in [-0.15, -0.1) is 11.6 Å². The maximum Gasteiger partial charge on any atom is 0.441 e. The lowest BCUT2D eigenvalue weighted by Crippen LogP contribution is -2.10. The first kappa shape index (κ1) is 16.7. The minimum atomic E-state index is -4.18. The van der Waals surface area contributed by atoms with Gasteiger partial charge in [0.1, 0.15) is 0 Å². The van der Waals surface area contributed by atoms with E-state index in [1.807, 2.05) is 20.8 Å². The zero-order valence-electron chi connectivity index (χ0n) is 11.2. The van der Waals surface area contributed by atoms with E-state index < -0.39 is 5.51 Å². The van der Waals surface area contributed by atoms with Crippen LogP contribution in [0, 0.1) is 0 Å². The Morgan fingerprint density at radius 2 is 1.95 bits per heavy atom. The Morgan fingerprint density at radius 3 is 2.37 bits per heavy atom. The van der Waals surface area contributed by atoms with Gasteiger partial charge in [0.15, 0.2) is 0 Å². The molecule has 0 aromatic carbocycles. The fourth-order valence-electron chi connectivity index (χ4n) is 2.09. The van der Waals surface area contributed by atoms with Gasteiger partial charge in [0.2, 0.25) is 0 Å². The van der Waals surface area contributed by atoms with Crippen LogP contribution in [-0.2, 0) is 19.4 Å². The molecule has 0 aliphatic carbocycles. The van der Waals surface area contributed by atoms with E-state index in [-0.39, 0.29) is 29.4 Å². The maximum atomic E-state index is 12.1. The maximum absolute atomic E-state index is 12.1. The number of hydrogen-bond acceptors (Lipinski definition) is 2. The first-order valence-electron chi connectivity index (χ1n) is 6.23. The predicted octanol–water partition coefficient (Wildman–Crippen LogP) is 4.56. The highest BCUT2D eigenvalue weighted by Gasteiger charge is 2.28. The molecule has 110 valence electrons. The van der Waals surface area contributed by atoms with E-state index in [4.69, 9.17) is 11.6 Å². The SMILES string of the molecule is CCc1nn(CCSC(F)(F)F)c(CC)c1C(C)Cl. The molecule has 1 rings (SSSR count). The third-order valence-corrected chi connectivity index (χ3v) is 3.74. The van der Waals surface area contributed by atoms with Crippen molar-refractivity contribution in [3.8, 4) is 0 Å². The van der Waals surface area contributed by atoms with Gasteiger partial charge < -0.3 is 0 Å². The lowest BCUT2D eigenvalue weighted by atomic mass is 10.1. The molecule has 0 aliphatic rings. The van der Waals surface area contributed by atoms with Gasteiger partial charge in [-0.25, -0.2) is 0 Å². The highest BCUT2D eigenvalue weighted by molar-refractivity contribution is 8.00. The van der Waals surface area contributed by atoms with Crippen LogP contribution in [0.4, 0.5) is 13.2 Å². The normalized spacial score (nSPS) is 13.8. The smallest absolute Gasteiger partial charge is 0.268 e. The van der Waals surface area contributed by atoms with Crippen LogP contribution in [0.15, 0.2) is 0 Å². The quantitative estimate of drug-likeness (QED) is 0.716. The molecule has 1 atom stereocenters.